The summed E-state index contributed by atoms with van der Waals surface area (Å²) in [6.07, 6.45) is 2.01. The lowest BCUT2D eigenvalue weighted by Crippen LogP contribution is -2.45. The van der Waals surface area contributed by atoms with Gasteiger partial charge in [-0.25, -0.2) is 0 Å². The second kappa shape index (κ2) is 8.06. The Kier molecular flexibility index (Phi) is 7.54. The van der Waals surface area contributed by atoms with Crippen LogP contribution in [0.1, 0.15) is 33.6 Å². The predicted octanol–water partition coefficient (Wildman–Crippen LogP) is 0.771. The average Bonchev–Trinajstić information content (AvgIpc) is 2.31. The van der Waals surface area contributed by atoms with E-state index in [4.69, 9.17) is 10.5 Å². The molecule has 17 heavy (non-hydrogen) atoms. The number of carbonyl (C=O) groups excluding carboxylic acids is 2. The van der Waals surface area contributed by atoms with Gasteiger partial charge in [-0.1, -0.05) is 20.3 Å². The minimum absolute atomic E-state index is 0.0542. The Bertz CT molecular complexity index is 256. The van der Waals surface area contributed by atoms with Crippen LogP contribution in [0.2, 0.25) is 0 Å². The highest BCUT2D eigenvalue weighted by Gasteiger charge is 2.26. The molecule has 0 saturated carbocycles. The molecule has 5 nitrogen and oxygen atoms in total. The predicted molar refractivity (Wildman–Crippen MR) is 66.3 cm³/mol. The smallest absolute Gasteiger partial charge is 0.309 e. The second-order valence-electron chi connectivity index (χ2n) is 4.34. The van der Waals surface area contributed by atoms with Crippen LogP contribution in [0.4, 0.5) is 0 Å². The van der Waals surface area contributed by atoms with Gasteiger partial charge in [-0.3, -0.25) is 14.5 Å². The number of carbonyl (C=O) groups is 2. The van der Waals surface area contributed by atoms with Crippen molar-refractivity contribution < 1.29 is 14.3 Å². The fourth-order valence-corrected chi connectivity index (χ4v) is 1.69. The number of hydrogen-bond acceptors (Lipinski definition) is 4. The first-order valence-corrected chi connectivity index (χ1v) is 6.04. The van der Waals surface area contributed by atoms with Crippen molar-refractivity contribution in [1.82, 2.24) is 4.90 Å². The van der Waals surface area contributed by atoms with Crippen LogP contribution < -0.4 is 5.73 Å². The summed E-state index contributed by atoms with van der Waals surface area (Å²) in [5.74, 6) is -0.898. The Balaban J connectivity index is 4.54. The topological polar surface area (TPSA) is 72.6 Å². The highest BCUT2D eigenvalue weighted by Crippen LogP contribution is 2.13. The largest absolute Gasteiger partial charge is 0.469 e. The van der Waals surface area contributed by atoms with E-state index < -0.39 is 0 Å². The van der Waals surface area contributed by atoms with E-state index in [2.05, 4.69) is 6.92 Å². The second-order valence-corrected chi connectivity index (χ2v) is 4.34. The molecule has 0 aromatic heterocycles. The summed E-state index contributed by atoms with van der Waals surface area (Å²) in [6.45, 7) is 6.75. The number of primary amides is 1. The molecule has 0 heterocycles. The van der Waals surface area contributed by atoms with Gasteiger partial charge in [-0.05, 0) is 19.9 Å². The fraction of sp³-hybridized carbons (Fsp3) is 0.833. The first-order chi connectivity index (χ1) is 7.93. The lowest BCUT2D eigenvalue weighted by molar-refractivity contribution is -0.147. The van der Waals surface area contributed by atoms with E-state index in [1.807, 2.05) is 11.8 Å². The number of amides is 1. The van der Waals surface area contributed by atoms with Crippen molar-refractivity contribution >= 4 is 11.9 Å². The molecule has 0 radical (unpaired) electrons. The molecular formula is C12H24N2O3. The van der Waals surface area contributed by atoms with Gasteiger partial charge in [-0.15, -0.1) is 0 Å². The van der Waals surface area contributed by atoms with Gasteiger partial charge in [0.25, 0.3) is 0 Å². The van der Waals surface area contributed by atoms with Crippen LogP contribution in [0.3, 0.4) is 0 Å². The summed E-state index contributed by atoms with van der Waals surface area (Å²) in [4.78, 5) is 24.4. The number of nitrogens with zero attached hydrogens (tertiary/aromatic N) is 1. The zero-order valence-corrected chi connectivity index (χ0v) is 11.2. The maximum absolute atomic E-state index is 11.5. The van der Waals surface area contributed by atoms with Crippen LogP contribution in [0.5, 0.6) is 0 Å². The van der Waals surface area contributed by atoms with E-state index in [0.29, 0.717) is 0 Å². The monoisotopic (exact) mass is 244 g/mol. The zero-order valence-electron chi connectivity index (χ0n) is 11.2. The average molecular weight is 244 g/mol. The lowest BCUT2D eigenvalue weighted by atomic mass is 10.0. The molecule has 0 aliphatic rings. The zero-order chi connectivity index (χ0) is 13.4. The fourth-order valence-electron chi connectivity index (χ4n) is 1.69. The third-order valence-electron chi connectivity index (χ3n) is 3.03. The summed E-state index contributed by atoms with van der Waals surface area (Å²) in [7, 11) is 1.37. The number of methoxy groups -OCH3 is 1. The van der Waals surface area contributed by atoms with Gasteiger partial charge in [0.15, 0.2) is 0 Å². The molecule has 0 saturated heterocycles. The van der Waals surface area contributed by atoms with Crippen LogP contribution in [0, 0.1) is 5.92 Å². The maximum Gasteiger partial charge on any atom is 0.309 e. The summed E-state index contributed by atoms with van der Waals surface area (Å²) in [5.41, 5.74) is 5.21. The molecule has 1 amide bonds. The SMILES string of the molecule is CCCCN(CC(N)=O)C(C)C(C)C(=O)OC. The van der Waals surface area contributed by atoms with Gasteiger partial charge < -0.3 is 10.5 Å². The van der Waals surface area contributed by atoms with E-state index in [1.54, 1.807) is 6.92 Å². The molecule has 0 aromatic rings. The molecule has 0 aromatic carbocycles. The molecule has 2 N–H and O–H groups in total. The Morgan fingerprint density at radius 3 is 2.35 bits per heavy atom. The van der Waals surface area contributed by atoms with Crippen molar-refractivity contribution in [3.63, 3.8) is 0 Å². The first-order valence-electron chi connectivity index (χ1n) is 6.04. The lowest BCUT2D eigenvalue weighted by Gasteiger charge is -2.30. The molecule has 100 valence electrons. The number of ether oxygens (including phenoxy) is 1. The van der Waals surface area contributed by atoms with Crippen LogP contribution in [0.15, 0.2) is 0 Å². The molecule has 2 unspecified atom stereocenters. The van der Waals surface area contributed by atoms with E-state index in [0.717, 1.165) is 19.4 Å². The number of nitrogens with two attached hydrogens (primary N) is 1. The van der Waals surface area contributed by atoms with E-state index in [9.17, 15) is 9.59 Å². The molecule has 5 heteroatoms. The minimum atomic E-state index is -0.370. The standard InChI is InChI=1S/C12H24N2O3/c1-5-6-7-14(8-11(13)15)10(3)9(2)12(16)17-4/h9-10H,5-8H2,1-4H3,(H2,13,15). The molecule has 0 spiro atoms. The molecule has 0 bridgehead atoms. The molecular weight excluding hydrogens is 220 g/mol. The molecule has 0 aliphatic carbocycles. The van der Waals surface area contributed by atoms with Crippen molar-refractivity contribution in [2.75, 3.05) is 20.2 Å². The quantitative estimate of drug-likeness (QED) is 0.640. The minimum Gasteiger partial charge on any atom is -0.469 e. The molecule has 0 aliphatic heterocycles. The van der Waals surface area contributed by atoms with Crippen molar-refractivity contribution in [2.24, 2.45) is 11.7 Å². The number of hydrogen-bond donors (Lipinski definition) is 1. The van der Waals surface area contributed by atoms with Crippen LogP contribution in [-0.2, 0) is 14.3 Å². The van der Waals surface area contributed by atoms with E-state index in [-0.39, 0.29) is 30.4 Å². The molecule has 2 atom stereocenters. The van der Waals surface area contributed by atoms with Crippen molar-refractivity contribution in [3.05, 3.63) is 0 Å². The van der Waals surface area contributed by atoms with Crippen LogP contribution in [-0.4, -0.2) is 43.0 Å². The van der Waals surface area contributed by atoms with Gasteiger partial charge in [0.2, 0.25) is 5.91 Å². The number of esters is 1. The highest BCUT2D eigenvalue weighted by atomic mass is 16.5. The maximum atomic E-state index is 11.5. The van der Waals surface area contributed by atoms with Gasteiger partial charge in [-0.2, -0.15) is 0 Å². The summed E-state index contributed by atoms with van der Waals surface area (Å²) in [5, 5.41) is 0. The van der Waals surface area contributed by atoms with Gasteiger partial charge in [0, 0.05) is 6.04 Å². The molecule has 0 fully saturated rings. The number of rotatable bonds is 8. The van der Waals surface area contributed by atoms with Gasteiger partial charge >= 0.3 is 5.97 Å². The Morgan fingerprint density at radius 1 is 1.35 bits per heavy atom. The third kappa shape index (κ3) is 5.68. The van der Waals surface area contributed by atoms with E-state index >= 15 is 0 Å². The Hall–Kier alpha value is -1.10. The highest BCUT2D eigenvalue weighted by molar-refractivity contribution is 5.76. The normalized spacial score (nSPS) is 14.4. The van der Waals surface area contributed by atoms with Crippen molar-refractivity contribution in [1.29, 1.82) is 0 Å². The summed E-state index contributed by atoms with van der Waals surface area (Å²) < 4.78 is 4.71. The molecule has 0 rings (SSSR count). The first kappa shape index (κ1) is 15.9. The van der Waals surface area contributed by atoms with Crippen molar-refractivity contribution in [3.8, 4) is 0 Å². The summed E-state index contributed by atoms with van der Waals surface area (Å²) >= 11 is 0. The third-order valence-corrected chi connectivity index (χ3v) is 3.03. The van der Waals surface area contributed by atoms with Crippen molar-refractivity contribution in [2.45, 2.75) is 39.7 Å². The van der Waals surface area contributed by atoms with Crippen LogP contribution >= 0.6 is 0 Å². The van der Waals surface area contributed by atoms with Gasteiger partial charge in [0.1, 0.15) is 0 Å². The number of unbranched alkanes of at least 4 members (excludes halogenated alkanes) is 1. The Labute approximate surface area is 103 Å². The van der Waals surface area contributed by atoms with Gasteiger partial charge in [0.05, 0.1) is 19.6 Å². The Morgan fingerprint density at radius 2 is 1.94 bits per heavy atom. The van der Waals surface area contributed by atoms with Crippen LogP contribution in [0.25, 0.3) is 0 Å². The summed E-state index contributed by atoms with van der Waals surface area (Å²) in [6, 6.07) is -0.0542. The van der Waals surface area contributed by atoms with E-state index in [1.165, 1.54) is 7.11 Å².